The summed E-state index contributed by atoms with van der Waals surface area (Å²) >= 11 is 2.61. The van der Waals surface area contributed by atoms with Crippen LogP contribution < -0.4 is 4.90 Å². The van der Waals surface area contributed by atoms with E-state index in [1.165, 1.54) is 11.1 Å². The highest BCUT2D eigenvalue weighted by Gasteiger charge is 2.33. The Labute approximate surface area is 151 Å². The Hall–Kier alpha value is -1.68. The molecule has 5 nitrogen and oxygen atoms in total. The summed E-state index contributed by atoms with van der Waals surface area (Å²) < 4.78 is 38.4. The first kappa shape index (κ1) is 19.6. The minimum absolute atomic E-state index is 0.133. The van der Waals surface area contributed by atoms with Gasteiger partial charge in [0.1, 0.15) is 0 Å². The third-order valence-electron chi connectivity index (χ3n) is 3.40. The van der Waals surface area contributed by atoms with Crippen molar-refractivity contribution in [2.75, 3.05) is 24.0 Å². The molecule has 0 aliphatic heterocycles. The molecule has 2 aromatic rings. The number of anilines is 1. The molecule has 2 rings (SSSR count). The van der Waals surface area contributed by atoms with E-state index in [2.05, 4.69) is 15.2 Å². The summed E-state index contributed by atoms with van der Waals surface area (Å²) in [7, 11) is 1.58. The van der Waals surface area contributed by atoms with E-state index in [1.807, 2.05) is 20.1 Å². The molecule has 2 heterocycles. The molecule has 1 amide bonds. The second-order valence-electron chi connectivity index (χ2n) is 6.03. The van der Waals surface area contributed by atoms with Gasteiger partial charge in [0, 0.05) is 30.8 Å². The minimum atomic E-state index is -4.48. The Balaban J connectivity index is 2.27. The van der Waals surface area contributed by atoms with Crippen LogP contribution in [0.5, 0.6) is 0 Å². The molecule has 2 aromatic heterocycles. The topological polar surface area (TPSA) is 59.0 Å². The third-order valence-corrected chi connectivity index (χ3v) is 5.46. The van der Waals surface area contributed by atoms with Gasteiger partial charge in [0.05, 0.1) is 11.0 Å². The normalized spacial score (nSPS) is 12.3. The molecular formula is C15H17F3N4OS2. The molecule has 25 heavy (non-hydrogen) atoms. The summed E-state index contributed by atoms with van der Waals surface area (Å²) in [6.45, 7) is 3.67. The van der Waals surface area contributed by atoms with Crippen molar-refractivity contribution < 1.29 is 18.0 Å². The molecule has 0 fully saturated rings. The number of aromatic nitrogens is 3. The van der Waals surface area contributed by atoms with Crippen molar-refractivity contribution in [3.63, 3.8) is 0 Å². The average Bonchev–Trinajstić information content (AvgIpc) is 3.02. The fraction of sp³-hybridized carbons (Fsp3) is 0.467. The number of rotatable bonds is 5. The van der Waals surface area contributed by atoms with Crippen LogP contribution in [0.3, 0.4) is 0 Å². The van der Waals surface area contributed by atoms with Crippen LogP contribution in [0.1, 0.15) is 19.4 Å². The van der Waals surface area contributed by atoms with Crippen LogP contribution in [0.2, 0.25) is 0 Å². The first-order valence-corrected chi connectivity index (χ1v) is 9.40. The smallest absolute Gasteiger partial charge is 0.289 e. The van der Waals surface area contributed by atoms with Crippen LogP contribution in [0.15, 0.2) is 18.5 Å². The predicted octanol–water partition coefficient (Wildman–Crippen LogP) is 3.97. The Bertz CT molecular complexity index is 761. The summed E-state index contributed by atoms with van der Waals surface area (Å²) in [5.74, 6) is 0.506. The van der Waals surface area contributed by atoms with Gasteiger partial charge in [0.2, 0.25) is 11.0 Å². The van der Waals surface area contributed by atoms with Crippen molar-refractivity contribution in [1.29, 1.82) is 0 Å². The van der Waals surface area contributed by atoms with Gasteiger partial charge in [-0.25, -0.2) is 0 Å². The molecule has 10 heteroatoms. The highest BCUT2D eigenvalue weighted by molar-refractivity contribution is 7.98. The Morgan fingerprint density at radius 1 is 1.28 bits per heavy atom. The number of pyridine rings is 1. The van der Waals surface area contributed by atoms with Crippen LogP contribution >= 0.6 is 23.1 Å². The first-order valence-electron chi connectivity index (χ1n) is 7.19. The highest BCUT2D eigenvalue weighted by Crippen LogP contribution is 2.34. The Kier molecular flexibility index (Phi) is 5.72. The molecule has 0 saturated heterocycles. The molecule has 0 aliphatic carbocycles. The number of halogens is 3. The number of alkyl halides is 3. The zero-order chi connectivity index (χ0) is 18.8. The average molecular weight is 390 g/mol. The van der Waals surface area contributed by atoms with E-state index >= 15 is 0 Å². The van der Waals surface area contributed by atoms with Crippen LogP contribution in [0.4, 0.5) is 18.3 Å². The summed E-state index contributed by atoms with van der Waals surface area (Å²) in [6, 6.07) is 0.969. The van der Waals surface area contributed by atoms with Crippen molar-refractivity contribution in [3.8, 4) is 10.6 Å². The highest BCUT2D eigenvalue weighted by atomic mass is 32.2. The molecule has 0 N–H and O–H groups in total. The van der Waals surface area contributed by atoms with Crippen LogP contribution in [-0.4, -0.2) is 40.1 Å². The van der Waals surface area contributed by atoms with E-state index < -0.39 is 17.2 Å². The van der Waals surface area contributed by atoms with Gasteiger partial charge in [0.25, 0.3) is 0 Å². The fourth-order valence-electron chi connectivity index (χ4n) is 2.14. The van der Waals surface area contributed by atoms with Crippen LogP contribution in [0.25, 0.3) is 10.6 Å². The van der Waals surface area contributed by atoms with Gasteiger partial charge >= 0.3 is 6.18 Å². The van der Waals surface area contributed by atoms with Gasteiger partial charge in [-0.2, -0.15) is 24.9 Å². The molecule has 0 saturated carbocycles. The standard InChI is InChI=1S/C15H17F3N4OS2/c1-14(2,8-24-4)12(23)22(3)13-21-20-11(25-13)9-5-10(7-19-6-9)15(16,17)18/h5-7H,8H2,1-4H3. The molecule has 0 bridgehead atoms. The monoisotopic (exact) mass is 390 g/mol. The maximum absolute atomic E-state index is 12.8. The number of amides is 1. The van der Waals surface area contributed by atoms with Crippen LogP contribution in [-0.2, 0) is 11.0 Å². The zero-order valence-corrected chi connectivity index (χ0v) is 15.7. The van der Waals surface area contributed by atoms with Crippen molar-refractivity contribution in [2.45, 2.75) is 20.0 Å². The van der Waals surface area contributed by atoms with E-state index in [0.717, 1.165) is 23.6 Å². The minimum Gasteiger partial charge on any atom is -0.289 e. The third kappa shape index (κ3) is 4.49. The number of carbonyl (C=O) groups excluding carboxylic acids is 1. The number of carbonyl (C=O) groups is 1. The van der Waals surface area contributed by atoms with Gasteiger partial charge in [-0.05, 0) is 12.3 Å². The van der Waals surface area contributed by atoms with Crippen molar-refractivity contribution >= 4 is 34.1 Å². The molecule has 136 valence electrons. The number of hydrogen-bond donors (Lipinski definition) is 0. The molecule has 0 unspecified atom stereocenters. The van der Waals surface area contributed by atoms with E-state index in [4.69, 9.17) is 0 Å². The van der Waals surface area contributed by atoms with E-state index in [1.54, 1.807) is 18.8 Å². The number of hydrogen-bond acceptors (Lipinski definition) is 6. The molecule has 0 aromatic carbocycles. The lowest BCUT2D eigenvalue weighted by Crippen LogP contribution is -2.40. The van der Waals surface area contributed by atoms with Crippen molar-refractivity contribution in [3.05, 3.63) is 24.0 Å². The number of thioether (sulfide) groups is 1. The zero-order valence-electron chi connectivity index (χ0n) is 14.1. The molecule has 0 spiro atoms. The van der Waals surface area contributed by atoms with Gasteiger partial charge in [-0.15, -0.1) is 10.2 Å². The summed E-state index contributed by atoms with van der Waals surface area (Å²) in [6.07, 6.45) is -0.519. The first-order chi connectivity index (χ1) is 11.6. The van der Waals surface area contributed by atoms with E-state index in [9.17, 15) is 18.0 Å². The second-order valence-corrected chi connectivity index (χ2v) is 7.85. The summed E-state index contributed by atoms with van der Waals surface area (Å²) in [5, 5.41) is 8.44. The van der Waals surface area contributed by atoms with Crippen molar-refractivity contribution in [1.82, 2.24) is 15.2 Å². The number of nitrogens with zero attached hydrogens (tertiary/aromatic N) is 4. The molecule has 0 aliphatic rings. The lowest BCUT2D eigenvalue weighted by atomic mass is 9.95. The maximum atomic E-state index is 12.8. The van der Waals surface area contributed by atoms with Gasteiger partial charge in [-0.3, -0.25) is 14.7 Å². The molecular weight excluding hydrogens is 373 g/mol. The predicted molar refractivity (Wildman–Crippen MR) is 93.7 cm³/mol. The van der Waals surface area contributed by atoms with Gasteiger partial charge < -0.3 is 0 Å². The maximum Gasteiger partial charge on any atom is 0.417 e. The lowest BCUT2D eigenvalue weighted by molar-refractivity contribution is -0.137. The Morgan fingerprint density at radius 3 is 2.56 bits per heavy atom. The summed E-state index contributed by atoms with van der Waals surface area (Å²) in [4.78, 5) is 17.6. The SMILES string of the molecule is CSCC(C)(C)C(=O)N(C)c1nnc(-c2cncc(C(F)(F)F)c2)s1. The van der Waals surface area contributed by atoms with E-state index in [0.29, 0.717) is 10.9 Å². The Morgan fingerprint density at radius 2 is 1.96 bits per heavy atom. The molecule has 0 atom stereocenters. The fourth-order valence-corrected chi connectivity index (χ4v) is 3.77. The molecule has 0 radical (unpaired) electrons. The van der Waals surface area contributed by atoms with Crippen LogP contribution in [0, 0.1) is 5.41 Å². The summed E-state index contributed by atoms with van der Waals surface area (Å²) in [5.41, 5.74) is -1.23. The largest absolute Gasteiger partial charge is 0.417 e. The quantitative estimate of drug-likeness (QED) is 0.773. The van der Waals surface area contributed by atoms with Gasteiger partial charge in [0.15, 0.2) is 5.01 Å². The lowest BCUT2D eigenvalue weighted by Gasteiger charge is -2.26. The van der Waals surface area contributed by atoms with E-state index in [-0.39, 0.29) is 16.5 Å². The second kappa shape index (κ2) is 7.28. The van der Waals surface area contributed by atoms with Gasteiger partial charge in [-0.1, -0.05) is 25.2 Å². The van der Waals surface area contributed by atoms with Crippen molar-refractivity contribution in [2.24, 2.45) is 5.41 Å².